The van der Waals surface area contributed by atoms with E-state index in [0.717, 1.165) is 12.0 Å². The minimum atomic E-state index is -0.739. The van der Waals surface area contributed by atoms with E-state index in [1.54, 1.807) is 11.9 Å². The quantitative estimate of drug-likeness (QED) is 0.500. The van der Waals surface area contributed by atoms with Gasteiger partial charge >= 0.3 is 0 Å². The highest BCUT2D eigenvalue weighted by atomic mass is 31.0. The number of benzene rings is 1. The summed E-state index contributed by atoms with van der Waals surface area (Å²) >= 11 is 0. The number of nitrogens with zero attached hydrogens (tertiary/aromatic N) is 1. The van der Waals surface area contributed by atoms with Crippen LogP contribution in [0.2, 0.25) is 0 Å². The molecule has 136 valence electrons. The summed E-state index contributed by atoms with van der Waals surface area (Å²) in [6.45, 7) is 4.22. The normalized spacial score (nSPS) is 16.2. The van der Waals surface area contributed by atoms with Crippen LogP contribution in [0.25, 0.3) is 0 Å². The molecule has 1 aromatic carbocycles. The van der Waals surface area contributed by atoms with Crippen molar-refractivity contribution in [2.45, 2.75) is 51.4 Å². The number of carbonyl (C=O) groups is 1. The summed E-state index contributed by atoms with van der Waals surface area (Å²) in [5.41, 5.74) is 0.787. The van der Waals surface area contributed by atoms with Crippen LogP contribution in [0.15, 0.2) is 30.3 Å². The molecule has 0 saturated carbocycles. The van der Waals surface area contributed by atoms with Crippen molar-refractivity contribution in [2.75, 3.05) is 13.7 Å². The molecule has 5 nitrogen and oxygen atoms in total. The van der Waals surface area contributed by atoms with Crippen LogP contribution in [0.1, 0.15) is 44.8 Å². The van der Waals surface area contributed by atoms with Crippen molar-refractivity contribution < 1.29 is 19.5 Å². The first kappa shape index (κ1) is 21.0. The van der Waals surface area contributed by atoms with Crippen molar-refractivity contribution in [2.24, 2.45) is 5.92 Å². The molecule has 0 radical (unpaired) electrons. The van der Waals surface area contributed by atoms with Crippen molar-refractivity contribution in [1.82, 2.24) is 4.90 Å². The number of carbonyl (C=O) groups excluding carboxylic acids is 1. The summed E-state index contributed by atoms with van der Waals surface area (Å²) in [6.07, 6.45) is 0.514. The first-order valence-corrected chi connectivity index (χ1v) is 8.85. The molecule has 0 bridgehead atoms. The lowest BCUT2D eigenvalue weighted by Crippen LogP contribution is -2.42. The highest BCUT2D eigenvalue weighted by Crippen LogP contribution is 2.22. The smallest absolute Gasteiger partial charge is 0.225 e. The van der Waals surface area contributed by atoms with Crippen molar-refractivity contribution in [3.05, 3.63) is 35.9 Å². The molecule has 0 aliphatic heterocycles. The predicted molar refractivity (Wildman–Crippen MR) is 98.3 cm³/mol. The Kier molecular flexibility index (Phi) is 9.45. The number of amides is 1. The molecule has 0 aromatic heterocycles. The number of hydrogen-bond acceptors (Lipinski definition) is 4. The molecule has 5 atom stereocenters. The second-order valence-electron chi connectivity index (χ2n) is 6.35. The number of aliphatic hydroxyl groups is 2. The van der Waals surface area contributed by atoms with Crippen LogP contribution < -0.4 is 0 Å². The number of likely N-dealkylation sites (N-methyl/N-ethyl adjacent to an activating group) is 1. The molecule has 1 unspecified atom stereocenters. The molecule has 24 heavy (non-hydrogen) atoms. The van der Waals surface area contributed by atoms with E-state index in [4.69, 9.17) is 4.52 Å². The molecule has 0 spiro atoms. The standard InChI is InChI=1S/C18H30NO4P/c1-13(12-16(20)10-7-11-23-24)18(22)19(3)14(2)17(21)15-8-5-4-6-9-15/h4-6,8-9,13-14,16-17,20-21H,7,10-12,24H2,1-3H3/t13-,14-,16-,17+/m1/s1. The summed E-state index contributed by atoms with van der Waals surface area (Å²) in [5, 5.41) is 20.5. The fourth-order valence-electron chi connectivity index (χ4n) is 2.72. The Hall–Kier alpha value is -1.00. The van der Waals surface area contributed by atoms with Gasteiger partial charge in [0.25, 0.3) is 0 Å². The third-order valence-electron chi connectivity index (χ3n) is 4.40. The van der Waals surface area contributed by atoms with Gasteiger partial charge in [-0.15, -0.1) is 0 Å². The summed E-state index contributed by atoms with van der Waals surface area (Å²) in [4.78, 5) is 14.1. The molecule has 1 rings (SSSR count). The Morgan fingerprint density at radius 2 is 1.88 bits per heavy atom. The van der Waals surface area contributed by atoms with E-state index in [1.165, 1.54) is 0 Å². The highest BCUT2D eigenvalue weighted by molar-refractivity contribution is 7.09. The van der Waals surface area contributed by atoms with Gasteiger partial charge in [0.05, 0.1) is 24.9 Å². The van der Waals surface area contributed by atoms with Crippen molar-refractivity contribution in [1.29, 1.82) is 0 Å². The van der Waals surface area contributed by atoms with Gasteiger partial charge in [-0.1, -0.05) is 37.3 Å². The number of rotatable bonds is 10. The van der Waals surface area contributed by atoms with Gasteiger partial charge in [-0.05, 0) is 31.7 Å². The van der Waals surface area contributed by atoms with Crippen LogP contribution in [0.5, 0.6) is 0 Å². The van der Waals surface area contributed by atoms with Crippen LogP contribution >= 0.6 is 9.47 Å². The molecule has 6 heteroatoms. The predicted octanol–water partition coefficient (Wildman–Crippen LogP) is 2.54. The van der Waals surface area contributed by atoms with Crippen LogP contribution in [-0.2, 0) is 9.32 Å². The van der Waals surface area contributed by atoms with Crippen LogP contribution in [0.3, 0.4) is 0 Å². The Labute approximate surface area is 147 Å². The zero-order valence-electron chi connectivity index (χ0n) is 14.8. The maximum Gasteiger partial charge on any atom is 0.225 e. The first-order valence-electron chi connectivity index (χ1n) is 8.37. The molecule has 1 aromatic rings. The Morgan fingerprint density at radius 3 is 2.46 bits per heavy atom. The highest BCUT2D eigenvalue weighted by Gasteiger charge is 2.28. The van der Waals surface area contributed by atoms with Crippen LogP contribution in [0, 0.1) is 5.92 Å². The SMILES string of the molecule is C[C@H](C[C@H](O)CCCOP)C(=O)N(C)[C@H](C)[C@H](O)c1ccccc1. The summed E-state index contributed by atoms with van der Waals surface area (Å²) < 4.78 is 4.89. The Balaban J connectivity index is 2.55. The zero-order chi connectivity index (χ0) is 18.1. The van der Waals surface area contributed by atoms with E-state index in [0.29, 0.717) is 19.4 Å². The average molecular weight is 355 g/mol. The van der Waals surface area contributed by atoms with Gasteiger partial charge in [0.15, 0.2) is 0 Å². The summed E-state index contributed by atoms with van der Waals surface area (Å²) in [6, 6.07) is 8.98. The molecule has 1 amide bonds. The second-order valence-corrected chi connectivity index (χ2v) is 6.68. The van der Waals surface area contributed by atoms with Gasteiger partial charge in [-0.3, -0.25) is 4.79 Å². The van der Waals surface area contributed by atoms with E-state index in [1.807, 2.05) is 44.2 Å². The third-order valence-corrected chi connectivity index (χ3v) is 4.64. The lowest BCUT2D eigenvalue weighted by Gasteiger charge is -2.31. The fourth-order valence-corrected chi connectivity index (χ4v) is 2.88. The topological polar surface area (TPSA) is 70.0 Å². The van der Waals surface area contributed by atoms with E-state index in [2.05, 4.69) is 9.47 Å². The lowest BCUT2D eigenvalue weighted by molar-refractivity contribution is -0.138. The van der Waals surface area contributed by atoms with Gasteiger partial charge < -0.3 is 19.6 Å². The third kappa shape index (κ3) is 6.48. The molecule has 0 saturated heterocycles. The van der Waals surface area contributed by atoms with Crippen molar-refractivity contribution >= 4 is 15.4 Å². The maximum absolute atomic E-state index is 12.6. The minimum absolute atomic E-state index is 0.0705. The summed E-state index contributed by atoms with van der Waals surface area (Å²) in [7, 11) is 3.88. The van der Waals surface area contributed by atoms with Gasteiger partial charge in [-0.25, -0.2) is 0 Å². The second kappa shape index (κ2) is 10.8. The van der Waals surface area contributed by atoms with E-state index in [9.17, 15) is 15.0 Å². The molecule has 0 fully saturated rings. The van der Waals surface area contributed by atoms with Crippen LogP contribution in [0.4, 0.5) is 0 Å². The molecular formula is C18H30NO4P. The lowest BCUT2D eigenvalue weighted by atomic mass is 9.97. The van der Waals surface area contributed by atoms with Crippen molar-refractivity contribution in [3.8, 4) is 0 Å². The van der Waals surface area contributed by atoms with E-state index in [-0.39, 0.29) is 17.9 Å². The monoisotopic (exact) mass is 355 g/mol. The molecule has 0 heterocycles. The largest absolute Gasteiger partial charge is 0.393 e. The van der Waals surface area contributed by atoms with Crippen molar-refractivity contribution in [3.63, 3.8) is 0 Å². The zero-order valence-corrected chi connectivity index (χ0v) is 15.9. The Bertz CT molecular complexity index is 485. The maximum atomic E-state index is 12.6. The molecular weight excluding hydrogens is 325 g/mol. The molecule has 0 aliphatic carbocycles. The van der Waals surface area contributed by atoms with Gasteiger partial charge in [0.2, 0.25) is 5.91 Å². The Morgan fingerprint density at radius 1 is 1.25 bits per heavy atom. The minimum Gasteiger partial charge on any atom is -0.393 e. The van der Waals surface area contributed by atoms with E-state index >= 15 is 0 Å². The van der Waals surface area contributed by atoms with Gasteiger partial charge in [0.1, 0.15) is 0 Å². The van der Waals surface area contributed by atoms with Crippen LogP contribution in [-0.4, -0.2) is 46.8 Å². The number of aliphatic hydroxyl groups excluding tert-OH is 2. The van der Waals surface area contributed by atoms with Gasteiger partial charge in [0, 0.05) is 22.4 Å². The molecule has 2 N–H and O–H groups in total. The first-order chi connectivity index (χ1) is 11.4. The van der Waals surface area contributed by atoms with Gasteiger partial charge in [-0.2, -0.15) is 0 Å². The summed E-state index contributed by atoms with van der Waals surface area (Å²) in [5.74, 6) is -0.369. The molecule has 0 aliphatic rings. The average Bonchev–Trinajstić information content (AvgIpc) is 2.60. The van der Waals surface area contributed by atoms with E-state index < -0.39 is 12.2 Å². The number of hydrogen-bond donors (Lipinski definition) is 2. The fraction of sp³-hybridized carbons (Fsp3) is 0.611.